The summed E-state index contributed by atoms with van der Waals surface area (Å²) < 4.78 is 7.03. The summed E-state index contributed by atoms with van der Waals surface area (Å²) in [5.74, 6) is -0.359. The van der Waals surface area contributed by atoms with E-state index in [9.17, 15) is 9.59 Å². The van der Waals surface area contributed by atoms with E-state index < -0.39 is 0 Å². The van der Waals surface area contributed by atoms with Gasteiger partial charge in [-0.25, -0.2) is 4.68 Å². The highest BCUT2D eigenvalue weighted by molar-refractivity contribution is 6.03. The molecule has 4 rings (SSSR count). The van der Waals surface area contributed by atoms with Crippen molar-refractivity contribution in [2.75, 3.05) is 43.5 Å². The predicted molar refractivity (Wildman–Crippen MR) is 119 cm³/mol. The zero-order valence-electron chi connectivity index (χ0n) is 17.4. The second-order valence-corrected chi connectivity index (χ2v) is 7.39. The number of carbonyl (C=O) groups excluding carboxylic acids is 2. The number of rotatable bonds is 6. The highest BCUT2D eigenvalue weighted by atomic mass is 16.5. The Balaban J connectivity index is 1.34. The first-order valence-corrected chi connectivity index (χ1v) is 10.2. The van der Waals surface area contributed by atoms with Gasteiger partial charge in [0, 0.05) is 30.2 Å². The number of anilines is 2. The van der Waals surface area contributed by atoms with Crippen LogP contribution in [0.15, 0.2) is 60.7 Å². The van der Waals surface area contributed by atoms with Crippen LogP contribution in [0.5, 0.6) is 0 Å². The first kappa shape index (κ1) is 20.8. The summed E-state index contributed by atoms with van der Waals surface area (Å²) in [4.78, 5) is 26.9. The number of aryl methyl sites for hydroxylation is 1. The summed E-state index contributed by atoms with van der Waals surface area (Å²) in [7, 11) is 0. The van der Waals surface area contributed by atoms with E-state index in [4.69, 9.17) is 4.74 Å². The van der Waals surface area contributed by atoms with Gasteiger partial charge in [-0.15, -0.1) is 0 Å². The average Bonchev–Trinajstić information content (AvgIpc) is 3.18. The third-order valence-electron chi connectivity index (χ3n) is 5.02. The van der Waals surface area contributed by atoms with Crippen molar-refractivity contribution in [3.63, 3.8) is 0 Å². The van der Waals surface area contributed by atoms with Crippen LogP contribution in [-0.2, 0) is 9.53 Å². The van der Waals surface area contributed by atoms with E-state index in [1.54, 1.807) is 35.0 Å². The van der Waals surface area contributed by atoms with E-state index in [0.717, 1.165) is 24.5 Å². The Bertz CT molecular complexity index is 1040. The molecule has 1 aliphatic heterocycles. The minimum absolute atomic E-state index is 0.0689. The Labute approximate surface area is 180 Å². The molecule has 1 saturated heterocycles. The third kappa shape index (κ3) is 5.36. The predicted octanol–water partition coefficient (Wildman–Crippen LogP) is 2.70. The first-order valence-electron chi connectivity index (χ1n) is 10.2. The Hall–Kier alpha value is -3.49. The van der Waals surface area contributed by atoms with E-state index in [2.05, 4.69) is 20.6 Å². The minimum atomic E-state index is -0.290. The molecule has 0 bridgehead atoms. The van der Waals surface area contributed by atoms with Gasteiger partial charge in [0.05, 0.1) is 25.4 Å². The van der Waals surface area contributed by atoms with Crippen molar-refractivity contribution in [1.82, 2.24) is 14.7 Å². The molecule has 2 heterocycles. The molecule has 8 nitrogen and oxygen atoms in total. The highest BCUT2D eigenvalue weighted by Crippen LogP contribution is 2.16. The first-order chi connectivity index (χ1) is 15.1. The Morgan fingerprint density at radius 3 is 2.29 bits per heavy atom. The Kier molecular flexibility index (Phi) is 6.40. The molecule has 0 aliphatic carbocycles. The summed E-state index contributed by atoms with van der Waals surface area (Å²) in [6.07, 6.45) is 0. The lowest BCUT2D eigenvalue weighted by molar-refractivity contribution is -0.118. The summed E-state index contributed by atoms with van der Waals surface area (Å²) in [6, 6.07) is 18.5. The summed E-state index contributed by atoms with van der Waals surface area (Å²) >= 11 is 0. The van der Waals surface area contributed by atoms with Crippen LogP contribution in [0, 0.1) is 6.92 Å². The molecule has 0 atom stereocenters. The lowest BCUT2D eigenvalue weighted by atomic mass is 10.2. The van der Waals surface area contributed by atoms with E-state index in [-0.39, 0.29) is 11.8 Å². The second kappa shape index (κ2) is 9.55. The topological polar surface area (TPSA) is 88.5 Å². The zero-order chi connectivity index (χ0) is 21.6. The fourth-order valence-electron chi connectivity index (χ4n) is 3.41. The number of carbonyl (C=O) groups is 2. The lowest BCUT2D eigenvalue weighted by Gasteiger charge is -2.25. The Morgan fingerprint density at radius 2 is 1.61 bits per heavy atom. The van der Waals surface area contributed by atoms with Gasteiger partial charge in [0.15, 0.2) is 5.69 Å². The van der Waals surface area contributed by atoms with Crippen molar-refractivity contribution < 1.29 is 14.3 Å². The zero-order valence-corrected chi connectivity index (χ0v) is 17.4. The monoisotopic (exact) mass is 419 g/mol. The van der Waals surface area contributed by atoms with Crippen LogP contribution in [0.4, 0.5) is 11.4 Å². The molecule has 1 aromatic heterocycles. The molecule has 0 spiro atoms. The molecule has 8 heteroatoms. The number of hydrogen-bond donors (Lipinski definition) is 2. The molecule has 0 saturated carbocycles. The van der Waals surface area contributed by atoms with Gasteiger partial charge in [0.1, 0.15) is 0 Å². The quantitative estimate of drug-likeness (QED) is 0.641. The molecule has 2 amide bonds. The van der Waals surface area contributed by atoms with E-state index in [0.29, 0.717) is 36.8 Å². The van der Waals surface area contributed by atoms with Crippen LogP contribution in [0.2, 0.25) is 0 Å². The molecular formula is C23H25N5O3. The maximum absolute atomic E-state index is 12.6. The van der Waals surface area contributed by atoms with Crippen molar-refractivity contribution in [3.8, 4) is 5.69 Å². The van der Waals surface area contributed by atoms with Crippen molar-refractivity contribution in [1.29, 1.82) is 0 Å². The van der Waals surface area contributed by atoms with Gasteiger partial charge in [-0.1, -0.05) is 18.2 Å². The third-order valence-corrected chi connectivity index (χ3v) is 5.02. The lowest BCUT2D eigenvalue weighted by Crippen LogP contribution is -2.41. The van der Waals surface area contributed by atoms with Crippen molar-refractivity contribution in [2.45, 2.75) is 6.92 Å². The number of morpholine rings is 1. The van der Waals surface area contributed by atoms with Gasteiger partial charge in [0.25, 0.3) is 5.91 Å². The number of aromatic nitrogens is 2. The summed E-state index contributed by atoms with van der Waals surface area (Å²) in [5.41, 5.74) is 3.42. The smallest absolute Gasteiger partial charge is 0.276 e. The second-order valence-electron chi connectivity index (χ2n) is 7.39. The molecule has 1 aliphatic rings. The highest BCUT2D eigenvalue weighted by Gasteiger charge is 2.15. The summed E-state index contributed by atoms with van der Waals surface area (Å²) in [6.45, 7) is 5.09. The van der Waals surface area contributed by atoms with E-state index >= 15 is 0 Å². The van der Waals surface area contributed by atoms with Gasteiger partial charge < -0.3 is 15.4 Å². The summed E-state index contributed by atoms with van der Waals surface area (Å²) in [5, 5.41) is 10.2. The van der Waals surface area contributed by atoms with E-state index in [1.165, 1.54) is 0 Å². The number of nitrogens with zero attached hydrogens (tertiary/aromatic N) is 3. The van der Waals surface area contributed by atoms with Gasteiger partial charge in [-0.05, 0) is 49.4 Å². The standard InChI is InChI=1S/C23H25N5O3/c1-17-15-21(26-28(17)20-5-3-2-4-6-20)23(30)25-19-9-7-18(8-10-19)24-22(29)16-27-11-13-31-14-12-27/h2-10,15H,11-14,16H2,1H3,(H,24,29)(H,25,30). The molecule has 2 aromatic carbocycles. The molecule has 0 unspecified atom stereocenters. The average molecular weight is 419 g/mol. The fourth-order valence-corrected chi connectivity index (χ4v) is 3.41. The Morgan fingerprint density at radius 1 is 0.968 bits per heavy atom. The number of nitrogens with one attached hydrogen (secondary N) is 2. The van der Waals surface area contributed by atoms with Crippen LogP contribution < -0.4 is 10.6 Å². The van der Waals surface area contributed by atoms with Crippen LogP contribution in [0.1, 0.15) is 16.2 Å². The minimum Gasteiger partial charge on any atom is -0.379 e. The van der Waals surface area contributed by atoms with Crippen LogP contribution in [-0.4, -0.2) is 59.3 Å². The fraction of sp³-hybridized carbons (Fsp3) is 0.261. The number of amides is 2. The largest absolute Gasteiger partial charge is 0.379 e. The molecule has 160 valence electrons. The van der Waals surface area contributed by atoms with Gasteiger partial charge in [-0.2, -0.15) is 5.10 Å². The molecular weight excluding hydrogens is 394 g/mol. The number of hydrogen-bond acceptors (Lipinski definition) is 5. The molecule has 3 aromatic rings. The normalized spacial score (nSPS) is 14.2. The number of benzene rings is 2. The molecule has 0 radical (unpaired) electrons. The molecule has 1 fully saturated rings. The van der Waals surface area contributed by atoms with Gasteiger partial charge in [-0.3, -0.25) is 14.5 Å². The number of ether oxygens (including phenoxy) is 1. The van der Waals surface area contributed by atoms with Gasteiger partial charge in [0.2, 0.25) is 5.91 Å². The maximum Gasteiger partial charge on any atom is 0.276 e. The van der Waals surface area contributed by atoms with Gasteiger partial charge >= 0.3 is 0 Å². The van der Waals surface area contributed by atoms with Crippen molar-refractivity contribution in [3.05, 3.63) is 72.1 Å². The molecule has 31 heavy (non-hydrogen) atoms. The van der Waals surface area contributed by atoms with Crippen LogP contribution in [0.3, 0.4) is 0 Å². The van der Waals surface area contributed by atoms with Crippen molar-refractivity contribution >= 4 is 23.2 Å². The SMILES string of the molecule is Cc1cc(C(=O)Nc2ccc(NC(=O)CN3CCOCC3)cc2)nn1-c1ccccc1. The molecule has 2 N–H and O–H groups in total. The van der Waals surface area contributed by atoms with Crippen LogP contribution >= 0.6 is 0 Å². The maximum atomic E-state index is 12.6. The number of para-hydroxylation sites is 1. The van der Waals surface area contributed by atoms with E-state index in [1.807, 2.05) is 37.3 Å². The van der Waals surface area contributed by atoms with Crippen molar-refractivity contribution in [2.24, 2.45) is 0 Å². The van der Waals surface area contributed by atoms with Crippen LogP contribution in [0.25, 0.3) is 5.69 Å².